The van der Waals surface area contributed by atoms with Crippen LogP contribution in [0.2, 0.25) is 0 Å². The first-order valence-corrected chi connectivity index (χ1v) is 5.41. The van der Waals surface area contributed by atoms with Gasteiger partial charge in [-0.05, 0) is 29.3 Å². The molecule has 0 aliphatic heterocycles. The van der Waals surface area contributed by atoms with E-state index >= 15 is 0 Å². The largest absolute Gasteiger partial charge is 0.480 e. The Bertz CT molecular complexity index is 575. The molecule has 0 saturated heterocycles. The van der Waals surface area contributed by atoms with Crippen molar-refractivity contribution in [3.05, 3.63) is 48.0 Å². The number of benzene rings is 2. The number of carbonyl (C=O) groups is 1. The van der Waals surface area contributed by atoms with Crippen LogP contribution in [-0.4, -0.2) is 23.3 Å². The van der Waals surface area contributed by atoms with Crippen molar-refractivity contribution < 1.29 is 9.90 Å². The third-order valence-electron chi connectivity index (χ3n) is 2.58. The maximum absolute atomic E-state index is 10.6. The maximum atomic E-state index is 10.6. The minimum atomic E-state index is -0.915. The SMILES string of the molecule is CC(/N=C/c1ccc2ccccc2c1)C(=O)O. The number of nitrogens with zero attached hydrogens (tertiary/aromatic N) is 1. The van der Waals surface area contributed by atoms with Crippen molar-refractivity contribution in [3.8, 4) is 0 Å². The van der Waals surface area contributed by atoms with Crippen molar-refractivity contribution in [2.24, 2.45) is 4.99 Å². The van der Waals surface area contributed by atoms with E-state index in [-0.39, 0.29) is 0 Å². The second kappa shape index (κ2) is 4.78. The lowest BCUT2D eigenvalue weighted by atomic mass is 10.1. The van der Waals surface area contributed by atoms with Crippen LogP contribution in [0.3, 0.4) is 0 Å². The Morgan fingerprint density at radius 3 is 2.65 bits per heavy atom. The molecule has 17 heavy (non-hydrogen) atoms. The lowest BCUT2D eigenvalue weighted by molar-refractivity contribution is -0.137. The number of carboxylic acid groups (broad SMARTS) is 1. The Kier molecular flexibility index (Phi) is 3.19. The summed E-state index contributed by atoms with van der Waals surface area (Å²) < 4.78 is 0. The zero-order valence-electron chi connectivity index (χ0n) is 9.50. The standard InChI is InChI=1S/C14H13NO2/c1-10(14(16)17)15-9-11-6-7-12-4-2-3-5-13(12)8-11/h2-10H,1H3,(H,16,17)/b15-9+. The van der Waals surface area contributed by atoms with Crippen LogP contribution in [0.25, 0.3) is 10.8 Å². The van der Waals surface area contributed by atoms with E-state index in [1.54, 1.807) is 13.1 Å². The molecule has 0 heterocycles. The van der Waals surface area contributed by atoms with Gasteiger partial charge in [-0.3, -0.25) is 4.99 Å². The minimum Gasteiger partial charge on any atom is -0.480 e. The Hall–Kier alpha value is -2.16. The van der Waals surface area contributed by atoms with Gasteiger partial charge in [-0.25, -0.2) is 4.79 Å². The first kappa shape index (κ1) is 11.3. The monoisotopic (exact) mass is 227 g/mol. The van der Waals surface area contributed by atoms with Crippen LogP contribution in [0.5, 0.6) is 0 Å². The molecule has 3 nitrogen and oxygen atoms in total. The Morgan fingerprint density at radius 2 is 1.94 bits per heavy atom. The van der Waals surface area contributed by atoms with Gasteiger partial charge in [-0.1, -0.05) is 36.4 Å². The number of carboxylic acids is 1. The van der Waals surface area contributed by atoms with Gasteiger partial charge in [0.05, 0.1) is 0 Å². The fraction of sp³-hybridized carbons (Fsp3) is 0.143. The lowest BCUT2D eigenvalue weighted by Gasteiger charge is -2.00. The lowest BCUT2D eigenvalue weighted by Crippen LogP contribution is -2.13. The van der Waals surface area contributed by atoms with E-state index in [4.69, 9.17) is 5.11 Å². The Labute approximate surface area is 99.4 Å². The molecule has 0 aliphatic carbocycles. The van der Waals surface area contributed by atoms with Crippen LogP contribution in [0.1, 0.15) is 12.5 Å². The highest BCUT2D eigenvalue weighted by Gasteiger charge is 2.06. The molecule has 1 N–H and O–H groups in total. The fourth-order valence-corrected chi connectivity index (χ4v) is 1.55. The summed E-state index contributed by atoms with van der Waals surface area (Å²) in [6.45, 7) is 1.56. The van der Waals surface area contributed by atoms with E-state index in [9.17, 15) is 4.79 Å². The van der Waals surface area contributed by atoms with E-state index < -0.39 is 12.0 Å². The summed E-state index contributed by atoms with van der Waals surface area (Å²) in [4.78, 5) is 14.6. The molecule has 2 aromatic rings. The van der Waals surface area contributed by atoms with E-state index in [0.717, 1.165) is 16.3 Å². The van der Waals surface area contributed by atoms with E-state index in [0.29, 0.717) is 0 Å². The average molecular weight is 227 g/mol. The number of aliphatic imine (C=N–C) groups is 1. The molecule has 2 aromatic carbocycles. The smallest absolute Gasteiger partial charge is 0.328 e. The second-order valence-corrected chi connectivity index (χ2v) is 3.90. The number of fused-ring (bicyclic) bond motifs is 1. The highest BCUT2D eigenvalue weighted by molar-refractivity contribution is 5.91. The molecule has 3 heteroatoms. The summed E-state index contributed by atoms with van der Waals surface area (Å²) in [5.41, 5.74) is 0.914. The van der Waals surface area contributed by atoms with Crippen molar-refractivity contribution in [1.29, 1.82) is 0 Å². The van der Waals surface area contributed by atoms with Gasteiger partial charge in [-0.15, -0.1) is 0 Å². The van der Waals surface area contributed by atoms with E-state index in [2.05, 4.69) is 4.99 Å². The molecule has 1 unspecified atom stereocenters. The van der Waals surface area contributed by atoms with Crippen molar-refractivity contribution in [2.45, 2.75) is 13.0 Å². The molecule has 0 fully saturated rings. The average Bonchev–Trinajstić information content (AvgIpc) is 2.35. The summed E-state index contributed by atoms with van der Waals surface area (Å²) in [6, 6.07) is 13.2. The van der Waals surface area contributed by atoms with Gasteiger partial charge in [0.2, 0.25) is 0 Å². The van der Waals surface area contributed by atoms with Crippen LogP contribution >= 0.6 is 0 Å². The highest BCUT2D eigenvalue weighted by atomic mass is 16.4. The second-order valence-electron chi connectivity index (χ2n) is 3.90. The van der Waals surface area contributed by atoms with Gasteiger partial charge in [0.15, 0.2) is 0 Å². The topological polar surface area (TPSA) is 49.7 Å². The molecular formula is C14H13NO2. The molecule has 1 atom stereocenters. The normalized spacial score (nSPS) is 13.0. The molecule has 2 rings (SSSR count). The minimum absolute atomic E-state index is 0.707. The summed E-state index contributed by atoms with van der Waals surface area (Å²) in [6.07, 6.45) is 1.60. The first-order valence-electron chi connectivity index (χ1n) is 5.41. The molecule has 86 valence electrons. The van der Waals surface area contributed by atoms with Crippen molar-refractivity contribution in [2.75, 3.05) is 0 Å². The zero-order chi connectivity index (χ0) is 12.3. The highest BCUT2D eigenvalue weighted by Crippen LogP contribution is 2.14. The summed E-state index contributed by atoms with van der Waals surface area (Å²) >= 11 is 0. The van der Waals surface area contributed by atoms with Gasteiger partial charge in [0, 0.05) is 6.21 Å². The summed E-state index contributed by atoms with van der Waals surface area (Å²) in [7, 11) is 0. The van der Waals surface area contributed by atoms with Crippen molar-refractivity contribution in [1.82, 2.24) is 0 Å². The molecule has 0 aromatic heterocycles. The van der Waals surface area contributed by atoms with Crippen LogP contribution in [0.15, 0.2) is 47.5 Å². The first-order chi connectivity index (χ1) is 8.16. The van der Waals surface area contributed by atoms with Crippen molar-refractivity contribution in [3.63, 3.8) is 0 Å². The number of aliphatic carboxylic acids is 1. The fourth-order valence-electron chi connectivity index (χ4n) is 1.55. The van der Waals surface area contributed by atoms with Gasteiger partial charge in [0.25, 0.3) is 0 Å². The molecule has 0 radical (unpaired) electrons. The quantitative estimate of drug-likeness (QED) is 0.819. The third-order valence-corrected chi connectivity index (χ3v) is 2.58. The number of rotatable bonds is 3. The van der Waals surface area contributed by atoms with E-state index in [1.807, 2.05) is 42.5 Å². The Balaban J connectivity index is 2.28. The van der Waals surface area contributed by atoms with Gasteiger partial charge < -0.3 is 5.11 Å². The van der Waals surface area contributed by atoms with Crippen LogP contribution in [0.4, 0.5) is 0 Å². The zero-order valence-corrected chi connectivity index (χ0v) is 9.50. The van der Waals surface area contributed by atoms with Gasteiger partial charge >= 0.3 is 5.97 Å². The predicted molar refractivity (Wildman–Crippen MR) is 68.6 cm³/mol. The molecule has 0 spiro atoms. The molecule has 0 bridgehead atoms. The third kappa shape index (κ3) is 2.69. The van der Waals surface area contributed by atoms with Crippen LogP contribution in [-0.2, 0) is 4.79 Å². The van der Waals surface area contributed by atoms with Crippen molar-refractivity contribution >= 4 is 23.0 Å². The Morgan fingerprint density at radius 1 is 1.24 bits per heavy atom. The summed E-state index contributed by atoms with van der Waals surface area (Å²) in [5, 5.41) is 11.0. The molecule has 0 saturated carbocycles. The number of hydrogen-bond donors (Lipinski definition) is 1. The summed E-state index contributed by atoms with van der Waals surface area (Å²) in [5.74, 6) is -0.915. The molecule has 0 aliphatic rings. The van der Waals surface area contributed by atoms with Gasteiger partial charge in [-0.2, -0.15) is 0 Å². The molecule has 0 amide bonds. The molecular weight excluding hydrogens is 214 g/mol. The maximum Gasteiger partial charge on any atom is 0.328 e. The van der Waals surface area contributed by atoms with Crippen LogP contribution < -0.4 is 0 Å². The van der Waals surface area contributed by atoms with Crippen LogP contribution in [0, 0.1) is 0 Å². The number of hydrogen-bond acceptors (Lipinski definition) is 2. The van der Waals surface area contributed by atoms with E-state index in [1.165, 1.54) is 0 Å². The predicted octanol–water partition coefficient (Wildman–Crippen LogP) is 2.73. The van der Waals surface area contributed by atoms with Gasteiger partial charge in [0.1, 0.15) is 6.04 Å².